The van der Waals surface area contributed by atoms with Gasteiger partial charge in [0.2, 0.25) is 0 Å². The number of ether oxygens (including phenoxy) is 2. The van der Waals surface area contributed by atoms with Gasteiger partial charge < -0.3 is 15.2 Å². The Bertz CT molecular complexity index is 499. The maximum Gasteiger partial charge on any atom is 0.416 e. The van der Waals surface area contributed by atoms with Gasteiger partial charge in [-0.2, -0.15) is 13.2 Å². The van der Waals surface area contributed by atoms with Crippen LogP contribution in [0, 0.1) is 0 Å². The van der Waals surface area contributed by atoms with Gasteiger partial charge in [0.15, 0.2) is 0 Å². The largest absolute Gasteiger partial charge is 0.494 e. The molecule has 2 rings (SSSR count). The highest BCUT2D eigenvalue weighted by molar-refractivity contribution is 5.73. The normalized spacial score (nSPS) is 22.3. The van der Waals surface area contributed by atoms with Crippen molar-refractivity contribution in [3.8, 4) is 5.75 Å². The van der Waals surface area contributed by atoms with Gasteiger partial charge in [-0.15, -0.1) is 0 Å². The molecule has 0 fully saturated rings. The predicted molar refractivity (Wildman–Crippen MR) is 67.5 cm³/mol. The van der Waals surface area contributed by atoms with Gasteiger partial charge in [0.1, 0.15) is 17.9 Å². The van der Waals surface area contributed by atoms with Crippen LogP contribution in [0.4, 0.5) is 13.2 Å². The van der Waals surface area contributed by atoms with E-state index in [0.717, 1.165) is 12.1 Å². The highest BCUT2D eigenvalue weighted by atomic mass is 19.4. The zero-order chi connectivity index (χ0) is 14.8. The Morgan fingerprint density at radius 1 is 1.35 bits per heavy atom. The number of aliphatic imine (C=N–C) groups is 1. The third-order valence-electron chi connectivity index (χ3n) is 3.00. The fraction of sp³-hybridized carbons (Fsp3) is 0.462. The molecule has 1 heterocycles. The highest BCUT2D eigenvalue weighted by Crippen LogP contribution is 2.30. The quantitative estimate of drug-likeness (QED) is 0.926. The zero-order valence-electron chi connectivity index (χ0n) is 10.9. The molecule has 0 amide bonds. The van der Waals surface area contributed by atoms with Crippen LogP contribution in [-0.4, -0.2) is 24.8 Å². The van der Waals surface area contributed by atoms with Crippen LogP contribution in [0.3, 0.4) is 0 Å². The van der Waals surface area contributed by atoms with E-state index in [9.17, 15) is 13.2 Å². The number of amidine groups is 1. The van der Waals surface area contributed by atoms with Gasteiger partial charge in [0.25, 0.3) is 6.02 Å². The second-order valence-electron chi connectivity index (χ2n) is 4.86. The van der Waals surface area contributed by atoms with Crippen molar-refractivity contribution < 1.29 is 22.6 Å². The average Bonchev–Trinajstić information content (AvgIpc) is 2.69. The Balaban J connectivity index is 1.86. The molecule has 0 saturated carbocycles. The molecule has 1 aliphatic heterocycles. The van der Waals surface area contributed by atoms with Crippen LogP contribution in [0.1, 0.15) is 18.9 Å². The first-order valence-electron chi connectivity index (χ1n) is 6.07. The standard InChI is InChI=1S/C13H15F3N2O2/c1-12(8-20-11(17)18-12)6-7-19-10-4-2-9(3-5-10)13(14,15)16/h2-5H,6-8H2,1H3,(H2,17,18)/t12-/m0/s1. The minimum absolute atomic E-state index is 0.155. The molecule has 0 aliphatic carbocycles. The van der Waals surface area contributed by atoms with E-state index in [4.69, 9.17) is 15.2 Å². The fourth-order valence-corrected chi connectivity index (χ4v) is 1.82. The lowest BCUT2D eigenvalue weighted by atomic mass is 10.0. The van der Waals surface area contributed by atoms with E-state index in [1.807, 2.05) is 6.92 Å². The minimum atomic E-state index is -4.33. The van der Waals surface area contributed by atoms with Gasteiger partial charge in [0, 0.05) is 6.42 Å². The lowest BCUT2D eigenvalue weighted by molar-refractivity contribution is -0.137. The van der Waals surface area contributed by atoms with Crippen molar-refractivity contribution in [1.29, 1.82) is 0 Å². The summed E-state index contributed by atoms with van der Waals surface area (Å²) in [5.74, 6) is 0.387. The van der Waals surface area contributed by atoms with Crippen molar-refractivity contribution in [1.82, 2.24) is 0 Å². The number of nitrogens with zero attached hydrogens (tertiary/aromatic N) is 1. The number of rotatable bonds is 4. The van der Waals surface area contributed by atoms with E-state index in [1.165, 1.54) is 12.1 Å². The molecular formula is C13H15F3N2O2. The van der Waals surface area contributed by atoms with Gasteiger partial charge >= 0.3 is 6.18 Å². The first-order chi connectivity index (χ1) is 9.28. The Labute approximate surface area is 114 Å². The van der Waals surface area contributed by atoms with Crippen LogP contribution in [0.15, 0.2) is 29.3 Å². The zero-order valence-corrected chi connectivity index (χ0v) is 10.9. The van der Waals surface area contributed by atoms with Crippen molar-refractivity contribution in [2.45, 2.75) is 25.1 Å². The van der Waals surface area contributed by atoms with Crippen molar-refractivity contribution >= 4 is 6.02 Å². The van der Waals surface area contributed by atoms with Gasteiger partial charge in [-0.3, -0.25) is 0 Å². The smallest absolute Gasteiger partial charge is 0.416 e. The van der Waals surface area contributed by atoms with E-state index in [2.05, 4.69) is 4.99 Å². The molecule has 2 N–H and O–H groups in total. The Hall–Kier alpha value is -1.92. The molecule has 0 bridgehead atoms. The van der Waals surface area contributed by atoms with Gasteiger partial charge in [0.05, 0.1) is 12.2 Å². The van der Waals surface area contributed by atoms with Crippen molar-refractivity contribution in [2.75, 3.05) is 13.2 Å². The molecule has 0 radical (unpaired) electrons. The van der Waals surface area contributed by atoms with Crippen molar-refractivity contribution in [3.63, 3.8) is 0 Å². The van der Waals surface area contributed by atoms with Crippen LogP contribution >= 0.6 is 0 Å². The highest BCUT2D eigenvalue weighted by Gasteiger charge is 2.31. The molecule has 0 saturated heterocycles. The average molecular weight is 288 g/mol. The summed E-state index contributed by atoms with van der Waals surface area (Å²) >= 11 is 0. The first kappa shape index (κ1) is 14.5. The third kappa shape index (κ3) is 3.55. The molecule has 1 aliphatic rings. The van der Waals surface area contributed by atoms with E-state index >= 15 is 0 Å². The van der Waals surface area contributed by atoms with Crippen molar-refractivity contribution in [2.24, 2.45) is 10.7 Å². The topological polar surface area (TPSA) is 56.8 Å². The van der Waals surface area contributed by atoms with Crippen LogP contribution < -0.4 is 10.5 Å². The molecule has 0 aromatic heterocycles. The van der Waals surface area contributed by atoms with Crippen LogP contribution in [0.5, 0.6) is 5.75 Å². The summed E-state index contributed by atoms with van der Waals surface area (Å²) in [6, 6.07) is 4.74. The molecule has 0 unspecified atom stereocenters. The molecular weight excluding hydrogens is 273 g/mol. The Morgan fingerprint density at radius 3 is 2.50 bits per heavy atom. The lowest BCUT2D eigenvalue weighted by Gasteiger charge is -2.18. The van der Waals surface area contributed by atoms with E-state index in [-0.39, 0.29) is 6.02 Å². The van der Waals surface area contributed by atoms with Crippen LogP contribution in [-0.2, 0) is 10.9 Å². The van der Waals surface area contributed by atoms with Crippen LogP contribution in [0.2, 0.25) is 0 Å². The summed E-state index contributed by atoms with van der Waals surface area (Å²) in [6.07, 6.45) is -3.77. The third-order valence-corrected chi connectivity index (χ3v) is 3.00. The Kier molecular flexibility index (Phi) is 3.78. The molecule has 1 aromatic rings. The van der Waals surface area contributed by atoms with Crippen LogP contribution in [0.25, 0.3) is 0 Å². The maximum atomic E-state index is 12.4. The number of hydrogen-bond acceptors (Lipinski definition) is 4. The van der Waals surface area contributed by atoms with E-state index in [1.54, 1.807) is 0 Å². The monoisotopic (exact) mass is 288 g/mol. The van der Waals surface area contributed by atoms with Gasteiger partial charge in [-0.25, -0.2) is 4.99 Å². The molecule has 1 aromatic carbocycles. The second kappa shape index (κ2) is 5.22. The summed E-state index contributed by atoms with van der Waals surface area (Å²) in [6.45, 7) is 2.58. The second-order valence-corrected chi connectivity index (χ2v) is 4.86. The molecule has 7 heteroatoms. The maximum absolute atomic E-state index is 12.4. The number of benzene rings is 1. The number of halogens is 3. The summed E-state index contributed by atoms with van der Waals surface area (Å²) in [4.78, 5) is 4.14. The molecule has 4 nitrogen and oxygen atoms in total. The van der Waals surface area contributed by atoms with Crippen molar-refractivity contribution in [3.05, 3.63) is 29.8 Å². The first-order valence-corrected chi connectivity index (χ1v) is 6.07. The summed E-state index contributed by atoms with van der Waals surface area (Å²) in [5.41, 5.74) is 4.30. The number of hydrogen-bond donors (Lipinski definition) is 1. The number of nitrogens with two attached hydrogens (primary N) is 1. The summed E-state index contributed by atoms with van der Waals surface area (Å²) < 4.78 is 47.6. The van der Waals surface area contributed by atoms with Gasteiger partial charge in [-0.1, -0.05) is 0 Å². The Morgan fingerprint density at radius 2 is 2.00 bits per heavy atom. The lowest BCUT2D eigenvalue weighted by Crippen LogP contribution is -2.26. The summed E-state index contributed by atoms with van der Waals surface area (Å²) in [5, 5.41) is 0. The van der Waals surface area contributed by atoms with E-state index in [0.29, 0.717) is 25.4 Å². The minimum Gasteiger partial charge on any atom is -0.494 e. The molecule has 110 valence electrons. The number of alkyl halides is 3. The predicted octanol–water partition coefficient (Wildman–Crippen LogP) is 2.58. The molecule has 0 spiro atoms. The SMILES string of the molecule is C[C@]1(CCOc2ccc(C(F)(F)F)cc2)COC(N)=N1. The molecule has 1 atom stereocenters. The van der Waals surface area contributed by atoms with E-state index < -0.39 is 17.3 Å². The summed E-state index contributed by atoms with van der Waals surface area (Å²) in [7, 11) is 0. The molecule has 20 heavy (non-hydrogen) atoms. The van der Waals surface area contributed by atoms with Gasteiger partial charge in [-0.05, 0) is 31.2 Å². The fourth-order valence-electron chi connectivity index (χ4n) is 1.82.